The van der Waals surface area contributed by atoms with Crippen LogP contribution in [0.5, 0.6) is 0 Å². The summed E-state index contributed by atoms with van der Waals surface area (Å²) < 4.78 is 0. The number of carbonyl (C=O) groups excluding carboxylic acids is 1. The Balaban J connectivity index is 1.66. The average molecular weight is 389 g/mol. The molecule has 0 aliphatic rings. The van der Waals surface area contributed by atoms with Crippen molar-refractivity contribution in [3.8, 4) is 0 Å². The zero-order chi connectivity index (χ0) is 21.0. The second kappa shape index (κ2) is 8.48. The number of hydrogen-bond donors (Lipinski definition) is 2. The molecule has 2 N–H and O–H groups in total. The average Bonchev–Trinajstić information content (AvgIpc) is 2.67. The molecule has 0 bridgehead atoms. The summed E-state index contributed by atoms with van der Waals surface area (Å²) >= 11 is 0. The van der Waals surface area contributed by atoms with Crippen LogP contribution in [0.2, 0.25) is 0 Å². The molecule has 0 aliphatic carbocycles. The maximum atomic E-state index is 12.5. The second-order valence-corrected chi connectivity index (χ2v) is 8.47. The molecular formula is C25H27NO3. The lowest BCUT2D eigenvalue weighted by Crippen LogP contribution is -2.43. The van der Waals surface area contributed by atoms with Crippen molar-refractivity contribution in [2.75, 3.05) is 0 Å². The van der Waals surface area contributed by atoms with Crippen LogP contribution in [0.4, 0.5) is 0 Å². The Morgan fingerprint density at radius 2 is 1.52 bits per heavy atom. The molecule has 0 aromatic heterocycles. The number of benzene rings is 3. The van der Waals surface area contributed by atoms with Gasteiger partial charge in [0, 0.05) is 6.42 Å². The Hall–Kier alpha value is -3.14. The first-order chi connectivity index (χ1) is 13.7. The summed E-state index contributed by atoms with van der Waals surface area (Å²) in [5, 5.41) is 14.4. The SMILES string of the molecule is CC(C)(C)c1ccc(C[C@@H](NC(=O)Cc2ccc3ccccc3c2)C(=O)O)cc1. The molecule has 1 atom stereocenters. The van der Waals surface area contributed by atoms with Gasteiger partial charge in [0.05, 0.1) is 6.42 Å². The molecule has 4 nitrogen and oxygen atoms in total. The molecule has 150 valence electrons. The lowest BCUT2D eigenvalue weighted by molar-refractivity contribution is -0.141. The summed E-state index contributed by atoms with van der Waals surface area (Å²) in [6, 6.07) is 20.8. The van der Waals surface area contributed by atoms with Crippen LogP contribution in [0.3, 0.4) is 0 Å². The van der Waals surface area contributed by atoms with E-state index >= 15 is 0 Å². The maximum absolute atomic E-state index is 12.5. The van der Waals surface area contributed by atoms with Crippen LogP contribution < -0.4 is 5.32 Å². The highest BCUT2D eigenvalue weighted by Gasteiger charge is 2.21. The highest BCUT2D eigenvalue weighted by Crippen LogP contribution is 2.22. The van der Waals surface area contributed by atoms with Gasteiger partial charge in [-0.3, -0.25) is 4.79 Å². The van der Waals surface area contributed by atoms with Gasteiger partial charge >= 0.3 is 5.97 Å². The van der Waals surface area contributed by atoms with Gasteiger partial charge in [0.2, 0.25) is 5.91 Å². The molecule has 0 saturated carbocycles. The van der Waals surface area contributed by atoms with E-state index in [1.165, 1.54) is 5.56 Å². The largest absolute Gasteiger partial charge is 0.480 e. The van der Waals surface area contributed by atoms with E-state index in [1.54, 1.807) is 0 Å². The highest BCUT2D eigenvalue weighted by atomic mass is 16.4. The molecule has 0 heterocycles. The van der Waals surface area contributed by atoms with Gasteiger partial charge in [-0.2, -0.15) is 0 Å². The molecular weight excluding hydrogens is 362 g/mol. The summed E-state index contributed by atoms with van der Waals surface area (Å²) in [5.41, 5.74) is 2.98. The maximum Gasteiger partial charge on any atom is 0.326 e. The molecule has 0 saturated heterocycles. The van der Waals surface area contributed by atoms with Gasteiger partial charge in [-0.25, -0.2) is 4.79 Å². The van der Waals surface area contributed by atoms with E-state index in [1.807, 2.05) is 66.7 Å². The highest BCUT2D eigenvalue weighted by molar-refractivity contribution is 5.87. The van der Waals surface area contributed by atoms with E-state index in [0.29, 0.717) is 0 Å². The minimum absolute atomic E-state index is 0.0405. The first-order valence-corrected chi connectivity index (χ1v) is 9.81. The Kier molecular flexibility index (Phi) is 6.02. The van der Waals surface area contributed by atoms with Crippen LogP contribution in [0.15, 0.2) is 66.7 Å². The summed E-state index contributed by atoms with van der Waals surface area (Å²) in [6.45, 7) is 6.40. The minimum atomic E-state index is -1.03. The van der Waals surface area contributed by atoms with Crippen LogP contribution in [0.1, 0.15) is 37.5 Å². The second-order valence-electron chi connectivity index (χ2n) is 8.47. The van der Waals surface area contributed by atoms with Crippen molar-refractivity contribution >= 4 is 22.6 Å². The van der Waals surface area contributed by atoms with Crippen LogP contribution in [-0.2, 0) is 27.8 Å². The molecule has 1 amide bonds. The molecule has 3 rings (SSSR count). The first-order valence-electron chi connectivity index (χ1n) is 9.81. The van der Waals surface area contributed by atoms with E-state index in [2.05, 4.69) is 26.1 Å². The number of rotatable bonds is 6. The number of fused-ring (bicyclic) bond motifs is 1. The van der Waals surface area contributed by atoms with E-state index in [9.17, 15) is 14.7 Å². The van der Waals surface area contributed by atoms with E-state index < -0.39 is 12.0 Å². The van der Waals surface area contributed by atoms with Crippen molar-refractivity contribution in [1.29, 1.82) is 0 Å². The molecule has 0 fully saturated rings. The molecule has 0 aliphatic heterocycles. The third-order valence-corrected chi connectivity index (χ3v) is 5.07. The molecule has 0 spiro atoms. The fourth-order valence-electron chi connectivity index (χ4n) is 3.36. The predicted molar refractivity (Wildman–Crippen MR) is 116 cm³/mol. The lowest BCUT2D eigenvalue weighted by atomic mass is 9.86. The summed E-state index contributed by atoms with van der Waals surface area (Å²) in [4.78, 5) is 24.1. The standard InChI is InChI=1S/C25H27NO3/c1-25(2,3)21-12-9-17(10-13-21)15-22(24(28)29)26-23(27)16-18-8-11-19-6-4-5-7-20(19)14-18/h4-14,22H,15-16H2,1-3H3,(H,26,27)(H,28,29)/t22-/m1/s1. The van der Waals surface area contributed by atoms with E-state index in [4.69, 9.17) is 0 Å². The third-order valence-electron chi connectivity index (χ3n) is 5.07. The first kappa shape index (κ1) is 20.6. The summed E-state index contributed by atoms with van der Waals surface area (Å²) in [6.07, 6.45) is 0.404. The van der Waals surface area contributed by atoms with Gasteiger partial charge in [-0.05, 0) is 32.9 Å². The van der Waals surface area contributed by atoms with Crippen molar-refractivity contribution in [2.45, 2.75) is 45.1 Å². The number of hydrogen-bond acceptors (Lipinski definition) is 2. The zero-order valence-electron chi connectivity index (χ0n) is 17.1. The molecule has 3 aromatic carbocycles. The Bertz CT molecular complexity index is 1020. The van der Waals surface area contributed by atoms with Crippen LogP contribution >= 0.6 is 0 Å². The van der Waals surface area contributed by atoms with Gasteiger partial charge in [0.15, 0.2) is 0 Å². The van der Waals surface area contributed by atoms with Crippen molar-refractivity contribution in [2.24, 2.45) is 0 Å². The number of aliphatic carboxylic acids is 1. The van der Waals surface area contributed by atoms with Gasteiger partial charge < -0.3 is 10.4 Å². The monoisotopic (exact) mass is 389 g/mol. The number of nitrogens with one attached hydrogen (secondary N) is 1. The van der Waals surface area contributed by atoms with Crippen molar-refractivity contribution < 1.29 is 14.7 Å². The van der Waals surface area contributed by atoms with E-state index in [0.717, 1.165) is 21.9 Å². The lowest BCUT2D eigenvalue weighted by Gasteiger charge is -2.20. The van der Waals surface area contributed by atoms with Crippen LogP contribution in [-0.4, -0.2) is 23.0 Å². The van der Waals surface area contributed by atoms with Crippen molar-refractivity contribution in [1.82, 2.24) is 5.32 Å². The predicted octanol–water partition coefficient (Wildman–Crippen LogP) is 4.49. The topological polar surface area (TPSA) is 66.4 Å². The molecule has 29 heavy (non-hydrogen) atoms. The van der Waals surface area contributed by atoms with Crippen molar-refractivity contribution in [3.63, 3.8) is 0 Å². The fraction of sp³-hybridized carbons (Fsp3) is 0.280. The minimum Gasteiger partial charge on any atom is -0.480 e. The van der Waals surface area contributed by atoms with Gasteiger partial charge in [0.25, 0.3) is 0 Å². The quantitative estimate of drug-likeness (QED) is 0.653. The smallest absolute Gasteiger partial charge is 0.326 e. The Morgan fingerprint density at radius 3 is 2.14 bits per heavy atom. The normalized spacial score (nSPS) is 12.5. The number of carboxylic acid groups (broad SMARTS) is 1. The fourth-order valence-corrected chi connectivity index (χ4v) is 3.36. The van der Waals surface area contributed by atoms with Gasteiger partial charge in [-0.1, -0.05) is 87.5 Å². The third kappa shape index (κ3) is 5.44. The Morgan fingerprint density at radius 1 is 0.897 bits per heavy atom. The van der Waals surface area contributed by atoms with Crippen LogP contribution in [0.25, 0.3) is 10.8 Å². The Labute approximate surface area is 171 Å². The molecule has 0 radical (unpaired) electrons. The number of carboxylic acids is 1. The molecule has 4 heteroatoms. The van der Waals surface area contributed by atoms with Gasteiger partial charge in [0.1, 0.15) is 6.04 Å². The number of carbonyl (C=O) groups is 2. The van der Waals surface area contributed by atoms with Crippen molar-refractivity contribution in [3.05, 3.63) is 83.4 Å². The van der Waals surface area contributed by atoms with E-state index in [-0.39, 0.29) is 24.2 Å². The zero-order valence-corrected chi connectivity index (χ0v) is 17.1. The summed E-state index contributed by atoms with van der Waals surface area (Å²) in [5.74, 6) is -1.32. The van der Waals surface area contributed by atoms with Gasteiger partial charge in [-0.15, -0.1) is 0 Å². The molecule has 0 unspecified atom stereocenters. The summed E-state index contributed by atoms with van der Waals surface area (Å²) in [7, 11) is 0. The molecule has 3 aromatic rings. The number of amides is 1. The van der Waals surface area contributed by atoms with Crippen LogP contribution in [0, 0.1) is 0 Å².